The van der Waals surface area contributed by atoms with Crippen LogP contribution in [0.2, 0.25) is 0 Å². The van der Waals surface area contributed by atoms with Gasteiger partial charge in [-0.2, -0.15) is 13.2 Å². The minimum absolute atomic E-state index is 0.0262. The van der Waals surface area contributed by atoms with Crippen molar-refractivity contribution in [1.82, 2.24) is 14.5 Å². The van der Waals surface area contributed by atoms with E-state index < -0.39 is 24.6 Å². The molecule has 24 heavy (non-hydrogen) atoms. The van der Waals surface area contributed by atoms with Crippen molar-refractivity contribution >= 4 is 22.6 Å². The maximum Gasteiger partial charge on any atom is 0.449 e. The number of carbonyl (C=O) groups is 1. The van der Waals surface area contributed by atoms with Crippen LogP contribution in [0.1, 0.15) is 18.8 Å². The summed E-state index contributed by atoms with van der Waals surface area (Å²) in [7, 11) is 3.22. The lowest BCUT2D eigenvalue weighted by Gasteiger charge is -2.16. The summed E-state index contributed by atoms with van der Waals surface area (Å²) in [6, 6.07) is 3.76. The predicted molar refractivity (Wildman–Crippen MR) is 83.7 cm³/mol. The molecular formula is C15H19F3N4O2. The Morgan fingerprint density at radius 2 is 2.08 bits per heavy atom. The summed E-state index contributed by atoms with van der Waals surface area (Å²) in [6.07, 6.45) is -4.63. The minimum atomic E-state index is -4.63. The van der Waals surface area contributed by atoms with Crippen molar-refractivity contribution in [3.05, 3.63) is 24.0 Å². The van der Waals surface area contributed by atoms with E-state index in [2.05, 4.69) is 10.3 Å². The van der Waals surface area contributed by atoms with Crippen LogP contribution in [0.5, 0.6) is 0 Å². The molecule has 6 nitrogen and oxygen atoms in total. The van der Waals surface area contributed by atoms with E-state index in [0.717, 1.165) is 4.57 Å². The summed E-state index contributed by atoms with van der Waals surface area (Å²) in [5.41, 5.74) is 0.908. The normalized spacial score (nSPS) is 13.1. The molecule has 0 saturated carbocycles. The first-order chi connectivity index (χ1) is 11.1. The van der Waals surface area contributed by atoms with Crippen molar-refractivity contribution in [3.8, 4) is 0 Å². The van der Waals surface area contributed by atoms with E-state index in [1.54, 1.807) is 20.2 Å². The van der Waals surface area contributed by atoms with Gasteiger partial charge >= 0.3 is 6.18 Å². The Bertz CT molecular complexity index is 740. The first-order valence-corrected chi connectivity index (χ1v) is 7.29. The number of aliphatic hydroxyl groups excluding tert-OH is 1. The second-order valence-electron chi connectivity index (χ2n) is 5.68. The lowest BCUT2D eigenvalue weighted by atomic mass is 10.2. The van der Waals surface area contributed by atoms with Crippen molar-refractivity contribution in [2.24, 2.45) is 0 Å². The zero-order valence-electron chi connectivity index (χ0n) is 13.6. The second kappa shape index (κ2) is 6.68. The average Bonchev–Trinajstić information content (AvgIpc) is 2.90. The number of aliphatic hydroxyl groups is 1. The van der Waals surface area contributed by atoms with Gasteiger partial charge in [0.15, 0.2) is 0 Å². The van der Waals surface area contributed by atoms with Crippen LogP contribution in [-0.4, -0.2) is 52.7 Å². The van der Waals surface area contributed by atoms with Crippen molar-refractivity contribution < 1.29 is 23.1 Å². The predicted octanol–water partition coefficient (Wildman–Crippen LogP) is 2.11. The molecule has 9 heteroatoms. The molecule has 0 aliphatic heterocycles. The van der Waals surface area contributed by atoms with E-state index in [9.17, 15) is 23.1 Å². The molecule has 2 rings (SSSR count). The Morgan fingerprint density at radius 1 is 1.42 bits per heavy atom. The fraction of sp³-hybridized carbons (Fsp3) is 0.467. The number of imidazole rings is 1. The number of halogens is 3. The number of carbonyl (C=O) groups excluding carboxylic acids is 1. The molecule has 1 aromatic carbocycles. The Hall–Kier alpha value is -2.29. The molecule has 2 N–H and O–H groups in total. The Labute approximate surface area is 136 Å². The zero-order valence-corrected chi connectivity index (χ0v) is 13.6. The highest BCUT2D eigenvalue weighted by atomic mass is 19.4. The third-order valence-electron chi connectivity index (χ3n) is 3.59. The van der Waals surface area contributed by atoms with Gasteiger partial charge in [-0.15, -0.1) is 0 Å². The quantitative estimate of drug-likeness (QED) is 0.872. The van der Waals surface area contributed by atoms with E-state index >= 15 is 0 Å². The Kier molecular flexibility index (Phi) is 5.02. The number of aromatic nitrogens is 2. The summed E-state index contributed by atoms with van der Waals surface area (Å²) >= 11 is 0. The van der Waals surface area contributed by atoms with Crippen molar-refractivity contribution in [3.63, 3.8) is 0 Å². The van der Waals surface area contributed by atoms with Gasteiger partial charge in [-0.3, -0.25) is 4.79 Å². The van der Waals surface area contributed by atoms with Crippen LogP contribution in [0.3, 0.4) is 0 Å². The van der Waals surface area contributed by atoms with Gasteiger partial charge < -0.3 is 19.9 Å². The maximum absolute atomic E-state index is 13.2. The third kappa shape index (κ3) is 3.61. The number of amides is 1. The maximum atomic E-state index is 13.2. The van der Waals surface area contributed by atoms with Crippen LogP contribution in [0.4, 0.5) is 18.9 Å². The number of fused-ring (bicyclic) bond motifs is 1. The number of benzene rings is 1. The van der Waals surface area contributed by atoms with E-state index in [1.807, 2.05) is 0 Å². The monoisotopic (exact) mass is 344 g/mol. The van der Waals surface area contributed by atoms with Crippen LogP contribution < -0.4 is 5.32 Å². The molecule has 0 aliphatic rings. The molecule has 0 bridgehead atoms. The van der Waals surface area contributed by atoms with Gasteiger partial charge in [0.2, 0.25) is 11.7 Å². The van der Waals surface area contributed by atoms with Gasteiger partial charge in [-0.25, -0.2) is 4.98 Å². The standard InChI is InChI=1S/C15H19F3N4O2/c1-9(8-23)22-12-5-4-10(19-7-13(24)21(2)3)6-11(12)20-14(22)15(16,17)18/h4-6,9,19,23H,7-8H2,1-3H3. The first-order valence-electron chi connectivity index (χ1n) is 7.29. The smallest absolute Gasteiger partial charge is 0.394 e. The lowest BCUT2D eigenvalue weighted by molar-refractivity contribution is -0.147. The molecule has 0 aliphatic carbocycles. The van der Waals surface area contributed by atoms with Gasteiger partial charge in [0, 0.05) is 19.8 Å². The fourth-order valence-corrected chi connectivity index (χ4v) is 2.27. The van der Waals surface area contributed by atoms with E-state index in [-0.39, 0.29) is 23.5 Å². The zero-order chi connectivity index (χ0) is 18.1. The lowest BCUT2D eigenvalue weighted by Crippen LogP contribution is -2.28. The minimum Gasteiger partial charge on any atom is -0.394 e. The summed E-state index contributed by atoms with van der Waals surface area (Å²) in [5, 5.41) is 12.1. The Balaban J connectivity index is 2.41. The molecule has 0 spiro atoms. The summed E-state index contributed by atoms with van der Waals surface area (Å²) in [6.45, 7) is 1.07. The molecule has 2 aromatic rings. The van der Waals surface area contributed by atoms with Crippen LogP contribution in [0, 0.1) is 0 Å². The largest absolute Gasteiger partial charge is 0.449 e. The van der Waals surface area contributed by atoms with Gasteiger partial charge in [0.05, 0.1) is 30.2 Å². The van der Waals surface area contributed by atoms with E-state index in [0.29, 0.717) is 5.69 Å². The van der Waals surface area contributed by atoms with Crippen molar-refractivity contribution in [1.29, 1.82) is 0 Å². The number of hydrogen-bond acceptors (Lipinski definition) is 4. The summed E-state index contributed by atoms with van der Waals surface area (Å²) in [4.78, 5) is 16.6. The molecular weight excluding hydrogens is 325 g/mol. The highest BCUT2D eigenvalue weighted by Gasteiger charge is 2.38. The summed E-state index contributed by atoms with van der Waals surface area (Å²) in [5.74, 6) is -1.22. The van der Waals surface area contributed by atoms with E-state index in [1.165, 1.54) is 24.0 Å². The third-order valence-corrected chi connectivity index (χ3v) is 3.59. The highest BCUT2D eigenvalue weighted by molar-refractivity contribution is 5.83. The second-order valence-corrected chi connectivity index (χ2v) is 5.68. The number of likely N-dealkylation sites (N-methyl/N-ethyl adjacent to an activating group) is 1. The summed E-state index contributed by atoms with van der Waals surface area (Å²) < 4.78 is 40.6. The molecule has 1 amide bonds. The van der Waals surface area contributed by atoms with Crippen LogP contribution in [0.15, 0.2) is 18.2 Å². The van der Waals surface area contributed by atoms with Gasteiger partial charge in [0.25, 0.3) is 0 Å². The highest BCUT2D eigenvalue weighted by Crippen LogP contribution is 2.34. The average molecular weight is 344 g/mol. The van der Waals surface area contributed by atoms with Crippen molar-refractivity contribution in [2.45, 2.75) is 19.1 Å². The number of alkyl halides is 3. The molecule has 132 valence electrons. The number of rotatable bonds is 5. The van der Waals surface area contributed by atoms with Gasteiger partial charge in [0.1, 0.15) is 0 Å². The number of hydrogen-bond donors (Lipinski definition) is 2. The van der Waals surface area contributed by atoms with E-state index in [4.69, 9.17) is 0 Å². The van der Waals surface area contributed by atoms with Gasteiger partial charge in [-0.1, -0.05) is 0 Å². The van der Waals surface area contributed by atoms with Crippen LogP contribution in [0.25, 0.3) is 11.0 Å². The molecule has 0 saturated heterocycles. The van der Waals surface area contributed by atoms with Crippen LogP contribution >= 0.6 is 0 Å². The fourth-order valence-electron chi connectivity index (χ4n) is 2.27. The molecule has 1 heterocycles. The molecule has 1 atom stereocenters. The molecule has 1 aromatic heterocycles. The number of anilines is 1. The molecule has 1 unspecified atom stereocenters. The number of nitrogens with zero attached hydrogens (tertiary/aromatic N) is 3. The van der Waals surface area contributed by atoms with Gasteiger partial charge in [-0.05, 0) is 25.1 Å². The van der Waals surface area contributed by atoms with Crippen molar-refractivity contribution in [2.75, 3.05) is 32.6 Å². The van der Waals surface area contributed by atoms with Crippen LogP contribution in [-0.2, 0) is 11.0 Å². The topological polar surface area (TPSA) is 70.4 Å². The Morgan fingerprint density at radius 3 is 2.62 bits per heavy atom. The SMILES string of the molecule is CC(CO)n1c(C(F)(F)F)nc2cc(NCC(=O)N(C)C)ccc21. The first kappa shape index (κ1) is 18.1. The number of nitrogens with one attached hydrogen (secondary N) is 1. The molecule has 0 fully saturated rings. The molecule has 0 radical (unpaired) electrons.